The summed E-state index contributed by atoms with van der Waals surface area (Å²) in [5.41, 5.74) is 0.845. The Hall–Kier alpha value is 0.210. The molecule has 0 bridgehead atoms. The van der Waals surface area contributed by atoms with E-state index in [1.807, 2.05) is 0 Å². The van der Waals surface area contributed by atoms with E-state index >= 15 is 0 Å². The summed E-state index contributed by atoms with van der Waals surface area (Å²) in [4.78, 5) is 3.99. The van der Waals surface area contributed by atoms with Crippen LogP contribution in [0, 0.1) is 0 Å². The summed E-state index contributed by atoms with van der Waals surface area (Å²) in [6.07, 6.45) is 0. The molecule has 1 heterocycles. The second-order valence-electron chi connectivity index (χ2n) is 1.73. The molecule has 54 valence electrons. The van der Waals surface area contributed by atoms with Gasteiger partial charge in [0.2, 0.25) is 0 Å². The van der Waals surface area contributed by atoms with Crippen molar-refractivity contribution in [1.82, 2.24) is 4.98 Å². The fourth-order valence-corrected chi connectivity index (χ4v) is 1.38. The van der Waals surface area contributed by atoms with E-state index in [0.717, 1.165) is 5.69 Å². The third-order valence-corrected chi connectivity index (χ3v) is 1.94. The lowest BCUT2D eigenvalue weighted by molar-refractivity contribution is 1.19. The second-order valence-corrected chi connectivity index (χ2v) is 3.12. The van der Waals surface area contributed by atoms with Crippen LogP contribution in [0.3, 0.4) is 0 Å². The molecule has 0 spiro atoms. The highest BCUT2D eigenvalue weighted by Gasteiger charge is 1.96. The number of aromatic nitrogens is 1. The number of halogens is 3. The molecule has 1 aromatic rings. The fourth-order valence-electron chi connectivity index (χ4n) is 0.585. The molecule has 1 nitrogen and oxygen atoms in total. The summed E-state index contributed by atoms with van der Waals surface area (Å²) in [6, 6.07) is 3.37. The second kappa shape index (κ2) is 3.56. The molecule has 0 aliphatic heterocycles. The molecule has 0 amide bonds. The number of nitrogens with zero attached hydrogens (tertiary/aromatic N) is 1. The number of hydrogen-bond donors (Lipinski definition) is 0. The zero-order valence-corrected chi connectivity index (χ0v) is 8.04. The molecule has 0 fully saturated rings. The van der Waals surface area contributed by atoms with Gasteiger partial charge in [-0.05, 0) is 12.1 Å². The Balaban J connectivity index is 3.06. The standard InChI is InChI=1S/C6H4BrCl2N/c7-3-5-1-4(8)2-6(9)10-5/h1-2H,3H2. The Bertz CT molecular complexity index is 219. The lowest BCUT2D eigenvalue weighted by Gasteiger charge is -1.95. The van der Waals surface area contributed by atoms with Crippen molar-refractivity contribution in [3.63, 3.8) is 0 Å². The summed E-state index contributed by atoms with van der Waals surface area (Å²) in [5, 5.41) is 1.73. The molecule has 0 aliphatic rings. The van der Waals surface area contributed by atoms with Crippen molar-refractivity contribution in [2.24, 2.45) is 0 Å². The van der Waals surface area contributed by atoms with Crippen LogP contribution in [0.5, 0.6) is 0 Å². The number of pyridine rings is 1. The highest BCUT2D eigenvalue weighted by atomic mass is 79.9. The molecule has 4 heteroatoms. The molecule has 0 radical (unpaired) electrons. The fraction of sp³-hybridized carbons (Fsp3) is 0.167. The number of alkyl halides is 1. The van der Waals surface area contributed by atoms with Crippen LogP contribution in [0.15, 0.2) is 12.1 Å². The quantitative estimate of drug-likeness (QED) is 0.543. The molecule has 0 atom stereocenters. The van der Waals surface area contributed by atoms with Gasteiger partial charge in [-0.15, -0.1) is 0 Å². The van der Waals surface area contributed by atoms with E-state index in [-0.39, 0.29) is 0 Å². The monoisotopic (exact) mass is 239 g/mol. The van der Waals surface area contributed by atoms with Gasteiger partial charge in [0.05, 0.1) is 5.69 Å². The first kappa shape index (κ1) is 8.31. The number of rotatable bonds is 1. The van der Waals surface area contributed by atoms with Crippen molar-refractivity contribution in [1.29, 1.82) is 0 Å². The van der Waals surface area contributed by atoms with E-state index in [2.05, 4.69) is 20.9 Å². The predicted octanol–water partition coefficient (Wildman–Crippen LogP) is 3.28. The minimum Gasteiger partial charge on any atom is -0.240 e. The maximum Gasteiger partial charge on any atom is 0.130 e. The lowest BCUT2D eigenvalue weighted by Crippen LogP contribution is -1.83. The third kappa shape index (κ3) is 2.11. The molecular weight excluding hydrogens is 237 g/mol. The minimum atomic E-state index is 0.432. The Kier molecular flexibility index (Phi) is 2.96. The maximum absolute atomic E-state index is 5.68. The molecular formula is C6H4BrCl2N. The Morgan fingerprint density at radius 3 is 2.60 bits per heavy atom. The molecule has 0 aliphatic carbocycles. The summed E-state index contributed by atoms with van der Waals surface area (Å²) < 4.78 is 0. The lowest BCUT2D eigenvalue weighted by atomic mass is 10.4. The summed E-state index contributed by atoms with van der Waals surface area (Å²) >= 11 is 14.5. The molecule has 0 saturated heterocycles. The van der Waals surface area contributed by atoms with Crippen molar-refractivity contribution in [3.8, 4) is 0 Å². The number of hydrogen-bond acceptors (Lipinski definition) is 1. The first-order chi connectivity index (χ1) is 4.72. The molecule has 0 unspecified atom stereocenters. The summed E-state index contributed by atoms with van der Waals surface area (Å²) in [5.74, 6) is 0. The smallest absolute Gasteiger partial charge is 0.130 e. The first-order valence-corrected chi connectivity index (χ1v) is 4.48. The van der Waals surface area contributed by atoms with Crippen LogP contribution in [0.25, 0.3) is 0 Å². The average Bonchev–Trinajstić information content (AvgIpc) is 1.85. The summed E-state index contributed by atoms with van der Waals surface area (Å²) in [7, 11) is 0. The first-order valence-electron chi connectivity index (χ1n) is 2.60. The highest BCUT2D eigenvalue weighted by Crippen LogP contribution is 2.16. The van der Waals surface area contributed by atoms with Crippen molar-refractivity contribution >= 4 is 39.1 Å². The highest BCUT2D eigenvalue weighted by molar-refractivity contribution is 9.08. The van der Waals surface area contributed by atoms with E-state index in [0.29, 0.717) is 15.5 Å². The topological polar surface area (TPSA) is 12.9 Å². The SMILES string of the molecule is Clc1cc(Cl)nc(CBr)c1. The van der Waals surface area contributed by atoms with Gasteiger partial charge in [-0.3, -0.25) is 0 Å². The van der Waals surface area contributed by atoms with Gasteiger partial charge in [-0.1, -0.05) is 39.1 Å². The molecule has 0 N–H and O–H groups in total. The van der Waals surface area contributed by atoms with Gasteiger partial charge in [-0.2, -0.15) is 0 Å². The molecule has 1 aromatic heterocycles. The Morgan fingerprint density at radius 1 is 1.40 bits per heavy atom. The normalized spacial score (nSPS) is 9.90. The summed E-state index contributed by atoms with van der Waals surface area (Å²) in [6.45, 7) is 0. The van der Waals surface area contributed by atoms with E-state index in [9.17, 15) is 0 Å². The van der Waals surface area contributed by atoms with Gasteiger partial charge in [0.1, 0.15) is 5.15 Å². The van der Waals surface area contributed by atoms with Crippen LogP contribution in [0.4, 0.5) is 0 Å². The van der Waals surface area contributed by atoms with E-state index in [1.165, 1.54) is 0 Å². The zero-order valence-electron chi connectivity index (χ0n) is 4.94. The molecule has 0 aromatic carbocycles. The Morgan fingerprint density at radius 2 is 2.10 bits per heavy atom. The van der Waals surface area contributed by atoms with E-state index in [4.69, 9.17) is 23.2 Å². The van der Waals surface area contributed by atoms with Crippen molar-refractivity contribution in [3.05, 3.63) is 28.0 Å². The van der Waals surface area contributed by atoms with Crippen LogP contribution in [0.1, 0.15) is 5.69 Å². The Labute approximate surface area is 77.5 Å². The maximum atomic E-state index is 5.68. The van der Waals surface area contributed by atoms with Gasteiger partial charge < -0.3 is 0 Å². The van der Waals surface area contributed by atoms with E-state index in [1.54, 1.807) is 12.1 Å². The molecule has 10 heavy (non-hydrogen) atoms. The average molecular weight is 241 g/mol. The minimum absolute atomic E-state index is 0.432. The van der Waals surface area contributed by atoms with Crippen molar-refractivity contribution < 1.29 is 0 Å². The molecule has 1 rings (SSSR count). The van der Waals surface area contributed by atoms with Gasteiger partial charge in [-0.25, -0.2) is 4.98 Å². The molecule has 0 saturated carbocycles. The van der Waals surface area contributed by atoms with Crippen LogP contribution in [-0.2, 0) is 5.33 Å². The van der Waals surface area contributed by atoms with E-state index < -0.39 is 0 Å². The zero-order chi connectivity index (χ0) is 7.56. The van der Waals surface area contributed by atoms with Crippen molar-refractivity contribution in [2.75, 3.05) is 0 Å². The largest absolute Gasteiger partial charge is 0.240 e. The third-order valence-electron chi connectivity index (χ3n) is 0.949. The van der Waals surface area contributed by atoms with Crippen LogP contribution in [-0.4, -0.2) is 4.98 Å². The van der Waals surface area contributed by atoms with Gasteiger partial charge in [0.15, 0.2) is 0 Å². The van der Waals surface area contributed by atoms with Crippen molar-refractivity contribution in [2.45, 2.75) is 5.33 Å². The van der Waals surface area contributed by atoms with Crippen LogP contribution >= 0.6 is 39.1 Å². The predicted molar refractivity (Wildman–Crippen MR) is 46.9 cm³/mol. The van der Waals surface area contributed by atoms with Gasteiger partial charge >= 0.3 is 0 Å². The van der Waals surface area contributed by atoms with Crippen LogP contribution < -0.4 is 0 Å². The van der Waals surface area contributed by atoms with Gasteiger partial charge in [0, 0.05) is 10.4 Å². The van der Waals surface area contributed by atoms with Gasteiger partial charge in [0.25, 0.3) is 0 Å². The van der Waals surface area contributed by atoms with Crippen LogP contribution in [0.2, 0.25) is 10.2 Å².